The van der Waals surface area contributed by atoms with E-state index in [1.807, 2.05) is 11.4 Å². The zero-order valence-corrected chi connectivity index (χ0v) is 16.0. The highest BCUT2D eigenvalue weighted by molar-refractivity contribution is 7.89. The van der Waals surface area contributed by atoms with Gasteiger partial charge in [-0.2, -0.15) is 4.31 Å². The highest BCUT2D eigenvalue weighted by Crippen LogP contribution is 2.24. The van der Waals surface area contributed by atoms with Crippen molar-refractivity contribution in [3.05, 3.63) is 47.6 Å². The predicted octanol–water partition coefficient (Wildman–Crippen LogP) is 2.97. The molecule has 3 aromatic rings. The van der Waals surface area contributed by atoms with Crippen LogP contribution in [-0.4, -0.2) is 41.7 Å². The van der Waals surface area contributed by atoms with Crippen molar-refractivity contribution in [3.8, 4) is 0 Å². The quantitative estimate of drug-likeness (QED) is 0.698. The van der Waals surface area contributed by atoms with E-state index in [1.54, 1.807) is 13.8 Å². The smallest absolute Gasteiger partial charge is 0.256 e. The summed E-state index contributed by atoms with van der Waals surface area (Å²) in [5.41, 5.74) is 0.352. The molecular formula is C17H18N4O3S2. The monoisotopic (exact) mass is 390 g/mol. The number of sulfonamides is 1. The van der Waals surface area contributed by atoms with Crippen molar-refractivity contribution in [2.45, 2.75) is 18.7 Å². The molecule has 0 atom stereocenters. The lowest BCUT2D eigenvalue weighted by Crippen LogP contribution is -2.30. The van der Waals surface area contributed by atoms with Gasteiger partial charge in [0, 0.05) is 18.7 Å². The van der Waals surface area contributed by atoms with E-state index in [-0.39, 0.29) is 10.8 Å². The van der Waals surface area contributed by atoms with Gasteiger partial charge in [-0.05, 0) is 35.7 Å². The van der Waals surface area contributed by atoms with Gasteiger partial charge in [0.2, 0.25) is 10.0 Å². The molecular weight excluding hydrogens is 372 g/mol. The van der Waals surface area contributed by atoms with Crippen molar-refractivity contribution in [2.75, 3.05) is 18.4 Å². The van der Waals surface area contributed by atoms with Gasteiger partial charge in [-0.25, -0.2) is 18.4 Å². The van der Waals surface area contributed by atoms with Crippen LogP contribution in [0.15, 0.2) is 46.9 Å². The SMILES string of the molecule is CCN(CC)S(=O)(=O)c1ccc(C(=O)Nc2ncnc3sccc23)cc1. The number of nitrogens with one attached hydrogen (secondary N) is 1. The summed E-state index contributed by atoms with van der Waals surface area (Å²) in [7, 11) is -3.54. The number of carbonyl (C=O) groups excluding carboxylic acids is 1. The molecule has 2 heterocycles. The number of amides is 1. The molecule has 26 heavy (non-hydrogen) atoms. The van der Waals surface area contributed by atoms with E-state index in [9.17, 15) is 13.2 Å². The molecule has 0 fully saturated rings. The maximum absolute atomic E-state index is 12.5. The second-order valence-corrected chi connectivity index (χ2v) is 8.26. The Labute approximate surface area is 155 Å². The van der Waals surface area contributed by atoms with Crippen molar-refractivity contribution in [1.29, 1.82) is 0 Å². The average Bonchev–Trinajstić information content (AvgIpc) is 3.12. The number of benzene rings is 1. The van der Waals surface area contributed by atoms with Gasteiger partial charge in [0.05, 0.1) is 10.3 Å². The minimum atomic E-state index is -3.54. The third kappa shape index (κ3) is 3.46. The van der Waals surface area contributed by atoms with E-state index < -0.39 is 10.0 Å². The normalized spacial score (nSPS) is 11.8. The van der Waals surface area contributed by atoms with Crippen LogP contribution in [-0.2, 0) is 10.0 Å². The van der Waals surface area contributed by atoms with Gasteiger partial charge >= 0.3 is 0 Å². The molecule has 0 unspecified atom stereocenters. The van der Waals surface area contributed by atoms with Gasteiger partial charge < -0.3 is 5.32 Å². The summed E-state index contributed by atoms with van der Waals surface area (Å²) >= 11 is 1.46. The van der Waals surface area contributed by atoms with Crippen LogP contribution in [0.25, 0.3) is 10.2 Å². The summed E-state index contributed by atoms with van der Waals surface area (Å²) in [4.78, 5) is 21.7. The zero-order chi connectivity index (χ0) is 18.7. The summed E-state index contributed by atoms with van der Waals surface area (Å²) < 4.78 is 26.4. The Kier molecular flexibility index (Phi) is 5.30. The first kappa shape index (κ1) is 18.4. The highest BCUT2D eigenvalue weighted by atomic mass is 32.2. The lowest BCUT2D eigenvalue weighted by atomic mass is 10.2. The topological polar surface area (TPSA) is 92.3 Å². The van der Waals surface area contributed by atoms with E-state index in [2.05, 4.69) is 15.3 Å². The summed E-state index contributed by atoms with van der Waals surface area (Å²) in [6, 6.07) is 7.73. The van der Waals surface area contributed by atoms with Gasteiger partial charge in [-0.1, -0.05) is 13.8 Å². The van der Waals surface area contributed by atoms with E-state index in [4.69, 9.17) is 0 Å². The van der Waals surface area contributed by atoms with E-state index in [0.29, 0.717) is 24.5 Å². The molecule has 0 spiro atoms. The summed E-state index contributed by atoms with van der Waals surface area (Å²) in [5.74, 6) is 0.0732. The number of nitrogens with zero attached hydrogens (tertiary/aromatic N) is 3. The molecule has 1 aromatic carbocycles. The van der Waals surface area contributed by atoms with Gasteiger partial charge in [-0.15, -0.1) is 11.3 Å². The number of thiophene rings is 1. The summed E-state index contributed by atoms with van der Waals surface area (Å²) in [5, 5.41) is 5.39. The van der Waals surface area contributed by atoms with Crippen LogP contribution < -0.4 is 5.32 Å². The molecule has 0 radical (unpaired) electrons. The van der Waals surface area contributed by atoms with Crippen LogP contribution in [0.5, 0.6) is 0 Å². The Morgan fingerprint density at radius 3 is 2.46 bits per heavy atom. The van der Waals surface area contributed by atoms with Crippen LogP contribution in [0, 0.1) is 0 Å². The standard InChI is InChI=1S/C17H18N4O3S2/c1-3-21(4-2)26(23,24)13-7-5-12(6-8-13)16(22)20-15-14-9-10-25-17(14)19-11-18-15/h5-11H,3-4H2,1-2H3,(H,18,19,20,22). The average molecular weight is 390 g/mol. The van der Waals surface area contributed by atoms with E-state index in [0.717, 1.165) is 10.2 Å². The minimum absolute atomic E-state index is 0.167. The minimum Gasteiger partial charge on any atom is -0.306 e. The van der Waals surface area contributed by atoms with Gasteiger partial charge in [0.15, 0.2) is 0 Å². The number of fused-ring (bicyclic) bond motifs is 1. The fraction of sp³-hybridized carbons (Fsp3) is 0.235. The Hall–Kier alpha value is -2.36. The van der Waals surface area contributed by atoms with Crippen molar-refractivity contribution < 1.29 is 13.2 Å². The van der Waals surface area contributed by atoms with Crippen molar-refractivity contribution >= 4 is 43.3 Å². The van der Waals surface area contributed by atoms with E-state index in [1.165, 1.54) is 46.2 Å². The number of rotatable bonds is 6. The molecule has 0 aliphatic heterocycles. The molecule has 1 N–H and O–H groups in total. The third-order valence-electron chi connectivity index (χ3n) is 3.95. The molecule has 3 rings (SSSR count). The molecule has 0 saturated carbocycles. The van der Waals surface area contributed by atoms with Crippen LogP contribution in [0.4, 0.5) is 5.82 Å². The van der Waals surface area contributed by atoms with Crippen LogP contribution in [0.2, 0.25) is 0 Å². The first-order chi connectivity index (χ1) is 12.5. The van der Waals surface area contributed by atoms with Gasteiger partial charge in [0.1, 0.15) is 17.0 Å². The molecule has 0 bridgehead atoms. The lowest BCUT2D eigenvalue weighted by molar-refractivity contribution is 0.102. The molecule has 1 amide bonds. The number of anilines is 1. The second kappa shape index (κ2) is 7.48. The zero-order valence-electron chi connectivity index (χ0n) is 14.3. The summed E-state index contributed by atoms with van der Waals surface area (Å²) in [6.45, 7) is 4.36. The fourth-order valence-corrected chi connectivity index (χ4v) is 4.75. The number of aromatic nitrogens is 2. The third-order valence-corrected chi connectivity index (χ3v) is 6.84. The Bertz CT molecular complexity index is 1030. The molecule has 136 valence electrons. The van der Waals surface area contributed by atoms with Crippen LogP contribution in [0.3, 0.4) is 0 Å². The van der Waals surface area contributed by atoms with Gasteiger partial charge in [-0.3, -0.25) is 4.79 Å². The van der Waals surface area contributed by atoms with E-state index >= 15 is 0 Å². The molecule has 0 aliphatic rings. The van der Waals surface area contributed by atoms with Gasteiger partial charge in [0.25, 0.3) is 5.91 Å². The highest BCUT2D eigenvalue weighted by Gasteiger charge is 2.21. The molecule has 0 saturated heterocycles. The largest absolute Gasteiger partial charge is 0.306 e. The Morgan fingerprint density at radius 2 is 1.81 bits per heavy atom. The van der Waals surface area contributed by atoms with Crippen LogP contribution >= 0.6 is 11.3 Å². The molecule has 0 aliphatic carbocycles. The predicted molar refractivity (Wildman–Crippen MR) is 102 cm³/mol. The maximum Gasteiger partial charge on any atom is 0.256 e. The van der Waals surface area contributed by atoms with Crippen molar-refractivity contribution in [2.24, 2.45) is 0 Å². The number of hydrogen-bond acceptors (Lipinski definition) is 6. The molecule has 7 nitrogen and oxygen atoms in total. The van der Waals surface area contributed by atoms with Crippen LogP contribution in [0.1, 0.15) is 24.2 Å². The molecule has 2 aromatic heterocycles. The van der Waals surface area contributed by atoms with Crippen molar-refractivity contribution in [1.82, 2.24) is 14.3 Å². The number of carbonyl (C=O) groups is 1. The summed E-state index contributed by atoms with van der Waals surface area (Å²) in [6.07, 6.45) is 1.40. The maximum atomic E-state index is 12.5. The van der Waals surface area contributed by atoms with Crippen molar-refractivity contribution in [3.63, 3.8) is 0 Å². The first-order valence-corrected chi connectivity index (χ1v) is 10.4. The Morgan fingerprint density at radius 1 is 1.12 bits per heavy atom. The molecule has 9 heteroatoms. The first-order valence-electron chi connectivity index (χ1n) is 8.07. The number of hydrogen-bond donors (Lipinski definition) is 1. The second-order valence-electron chi connectivity index (χ2n) is 5.43. The lowest BCUT2D eigenvalue weighted by Gasteiger charge is -2.18. The fourth-order valence-electron chi connectivity index (χ4n) is 2.56. The Balaban J connectivity index is 1.82.